The molecule has 0 unspecified atom stereocenters. The van der Waals surface area contributed by atoms with Crippen molar-refractivity contribution in [2.45, 2.75) is 24.3 Å². The normalized spacial score (nSPS) is 15.8. The monoisotopic (exact) mass is 519 g/mol. The molecule has 0 radical (unpaired) electrons. The van der Waals surface area contributed by atoms with Gasteiger partial charge in [-0.2, -0.15) is 0 Å². The zero-order valence-electron chi connectivity index (χ0n) is 19.8. The number of hydrogen-bond acceptors (Lipinski definition) is 4. The van der Waals surface area contributed by atoms with Crippen LogP contribution in [0.2, 0.25) is 0 Å². The first-order chi connectivity index (χ1) is 17.8. The number of rotatable bonds is 6. The second-order valence-electron chi connectivity index (χ2n) is 8.57. The molecule has 0 saturated carbocycles. The van der Waals surface area contributed by atoms with Crippen LogP contribution in [-0.2, 0) is 16.6 Å². The third-order valence-electron chi connectivity index (χ3n) is 6.02. The number of anilines is 1. The highest BCUT2D eigenvalue weighted by atomic mass is 32.2. The predicted octanol–water partition coefficient (Wildman–Crippen LogP) is 6.17. The highest BCUT2D eigenvalue weighted by molar-refractivity contribution is 7.90. The van der Waals surface area contributed by atoms with Crippen molar-refractivity contribution in [2.75, 3.05) is 5.32 Å². The lowest BCUT2D eigenvalue weighted by atomic mass is 9.91. The number of fused-ring (bicyclic) bond motifs is 1. The maximum absolute atomic E-state index is 15.2. The Labute approximate surface area is 213 Å². The second-order valence-corrected chi connectivity index (χ2v) is 10.2. The number of hydrogen-bond donors (Lipinski definition) is 2. The summed E-state index contributed by atoms with van der Waals surface area (Å²) in [5.74, 6) is -0.218. The predicted molar refractivity (Wildman–Crippen MR) is 138 cm³/mol. The number of halogens is 2. The average molecular weight is 520 g/mol. The Balaban J connectivity index is 1.45. The van der Waals surface area contributed by atoms with E-state index >= 15 is 4.39 Å². The van der Waals surface area contributed by atoms with Crippen molar-refractivity contribution in [2.24, 2.45) is 4.99 Å². The van der Waals surface area contributed by atoms with E-state index in [2.05, 4.69) is 15.0 Å². The Hall–Kier alpha value is -4.24. The topological polar surface area (TPSA) is 79.8 Å². The van der Waals surface area contributed by atoms with E-state index in [1.54, 1.807) is 31.2 Å². The van der Waals surface area contributed by atoms with E-state index in [0.29, 0.717) is 17.1 Å². The molecule has 0 saturated heterocycles. The van der Waals surface area contributed by atoms with Gasteiger partial charge in [0.05, 0.1) is 12.2 Å². The number of nitrogens with one attached hydrogen (secondary N) is 2. The molecule has 1 aliphatic heterocycles. The lowest BCUT2D eigenvalue weighted by molar-refractivity contribution is 0.482. The number of para-hydroxylation sites is 1. The third kappa shape index (κ3) is 5.31. The second kappa shape index (κ2) is 10.0. The van der Waals surface area contributed by atoms with Crippen LogP contribution in [0.1, 0.15) is 29.5 Å². The van der Waals surface area contributed by atoms with E-state index in [0.717, 1.165) is 11.6 Å². The SMILES string of the molecule is C[C@@H](c1ccc(Oc2ccccc2)cc1)c1c(F)ccc2c1NC(=NCc1cccc(F)c1)NS2(=O)=O. The molecule has 188 valence electrons. The molecule has 1 heterocycles. The molecule has 0 fully saturated rings. The van der Waals surface area contributed by atoms with Crippen molar-refractivity contribution in [3.63, 3.8) is 0 Å². The van der Waals surface area contributed by atoms with Gasteiger partial charge in [0, 0.05) is 11.5 Å². The largest absolute Gasteiger partial charge is 0.457 e. The fourth-order valence-corrected chi connectivity index (χ4v) is 5.33. The number of ether oxygens (including phenoxy) is 1. The van der Waals surface area contributed by atoms with Crippen LogP contribution in [0.15, 0.2) is 101 Å². The fraction of sp³-hybridized carbons (Fsp3) is 0.107. The Morgan fingerprint density at radius 3 is 2.35 bits per heavy atom. The van der Waals surface area contributed by atoms with E-state index in [-0.39, 0.29) is 28.7 Å². The Kier molecular flexibility index (Phi) is 6.62. The maximum Gasteiger partial charge on any atom is 0.266 e. The number of benzene rings is 4. The van der Waals surface area contributed by atoms with Gasteiger partial charge in [-0.25, -0.2) is 26.9 Å². The van der Waals surface area contributed by atoms with Crippen LogP contribution in [0.3, 0.4) is 0 Å². The van der Waals surface area contributed by atoms with E-state index < -0.39 is 27.6 Å². The first-order valence-electron chi connectivity index (χ1n) is 11.5. The molecule has 4 aromatic carbocycles. The molecular weight excluding hydrogens is 496 g/mol. The van der Waals surface area contributed by atoms with Gasteiger partial charge >= 0.3 is 0 Å². The molecule has 0 aliphatic carbocycles. The van der Waals surface area contributed by atoms with E-state index in [9.17, 15) is 12.8 Å². The minimum atomic E-state index is -4.00. The van der Waals surface area contributed by atoms with Gasteiger partial charge in [0.2, 0.25) is 5.96 Å². The van der Waals surface area contributed by atoms with Crippen molar-refractivity contribution in [1.82, 2.24) is 4.72 Å². The van der Waals surface area contributed by atoms with Crippen molar-refractivity contribution in [3.8, 4) is 11.5 Å². The van der Waals surface area contributed by atoms with Crippen LogP contribution in [0.5, 0.6) is 11.5 Å². The Morgan fingerprint density at radius 2 is 1.62 bits per heavy atom. The molecule has 1 aliphatic rings. The minimum absolute atomic E-state index is 0.0288. The summed E-state index contributed by atoms with van der Waals surface area (Å²) >= 11 is 0. The summed E-state index contributed by atoms with van der Waals surface area (Å²) in [5.41, 5.74) is 1.64. The summed E-state index contributed by atoms with van der Waals surface area (Å²) in [7, 11) is -4.00. The summed E-state index contributed by atoms with van der Waals surface area (Å²) in [6, 6.07) is 24.7. The molecule has 9 heteroatoms. The van der Waals surface area contributed by atoms with Gasteiger partial charge < -0.3 is 10.1 Å². The first-order valence-corrected chi connectivity index (χ1v) is 13.0. The molecule has 1 atom stereocenters. The number of aliphatic imine (C=N–C) groups is 1. The van der Waals surface area contributed by atoms with Gasteiger partial charge in [-0.15, -0.1) is 0 Å². The third-order valence-corrected chi connectivity index (χ3v) is 7.40. The molecule has 5 rings (SSSR count). The van der Waals surface area contributed by atoms with Crippen LogP contribution in [0, 0.1) is 11.6 Å². The zero-order chi connectivity index (χ0) is 26.0. The average Bonchev–Trinajstić information content (AvgIpc) is 2.88. The quantitative estimate of drug-likeness (QED) is 0.319. The molecule has 2 N–H and O–H groups in total. The molecule has 37 heavy (non-hydrogen) atoms. The summed E-state index contributed by atoms with van der Waals surface area (Å²) in [6.07, 6.45) is 0. The van der Waals surface area contributed by atoms with Gasteiger partial charge in [0.25, 0.3) is 10.0 Å². The summed E-state index contributed by atoms with van der Waals surface area (Å²) in [5, 5.41) is 2.94. The molecule has 0 amide bonds. The van der Waals surface area contributed by atoms with Gasteiger partial charge in [-0.1, -0.05) is 49.4 Å². The molecular formula is C28H23F2N3O3S. The van der Waals surface area contributed by atoms with Crippen molar-refractivity contribution >= 4 is 21.7 Å². The van der Waals surface area contributed by atoms with Gasteiger partial charge in [0.1, 0.15) is 28.0 Å². The van der Waals surface area contributed by atoms with E-state index in [1.807, 2.05) is 42.5 Å². The lowest BCUT2D eigenvalue weighted by Gasteiger charge is -2.26. The number of sulfonamides is 1. The van der Waals surface area contributed by atoms with Crippen molar-refractivity contribution < 1.29 is 21.9 Å². The smallest absolute Gasteiger partial charge is 0.266 e. The molecule has 0 spiro atoms. The van der Waals surface area contributed by atoms with Crippen LogP contribution >= 0.6 is 0 Å². The maximum atomic E-state index is 15.2. The highest BCUT2D eigenvalue weighted by Gasteiger charge is 2.32. The van der Waals surface area contributed by atoms with Crippen molar-refractivity contribution in [1.29, 1.82) is 0 Å². The lowest BCUT2D eigenvalue weighted by Crippen LogP contribution is -2.41. The summed E-state index contributed by atoms with van der Waals surface area (Å²) < 4.78 is 62.8. The molecule has 0 aromatic heterocycles. The zero-order valence-corrected chi connectivity index (χ0v) is 20.6. The van der Waals surface area contributed by atoms with Crippen LogP contribution in [0.25, 0.3) is 0 Å². The standard InChI is InChI=1S/C28H23F2N3O3S/c1-18(20-10-12-23(13-11-20)36-22-8-3-2-4-9-22)26-24(30)14-15-25-27(26)32-28(33-37(25,34)35)31-17-19-6-5-7-21(29)16-19/h2-16,18H,17H2,1H3,(H2,31,32,33)/t18-/m0/s1. The minimum Gasteiger partial charge on any atom is -0.457 e. The van der Waals surface area contributed by atoms with Crippen molar-refractivity contribution in [3.05, 3.63) is 119 Å². The van der Waals surface area contributed by atoms with Gasteiger partial charge in [-0.3, -0.25) is 0 Å². The Morgan fingerprint density at radius 1 is 0.892 bits per heavy atom. The summed E-state index contributed by atoms with van der Waals surface area (Å²) in [6.45, 7) is 1.83. The van der Waals surface area contributed by atoms with E-state index in [4.69, 9.17) is 4.74 Å². The Bertz CT molecular complexity index is 1570. The van der Waals surface area contributed by atoms with E-state index in [1.165, 1.54) is 18.2 Å². The number of guanidine groups is 1. The van der Waals surface area contributed by atoms with Gasteiger partial charge in [-0.05, 0) is 59.7 Å². The number of nitrogens with zero attached hydrogens (tertiary/aromatic N) is 1. The highest BCUT2D eigenvalue weighted by Crippen LogP contribution is 2.38. The fourth-order valence-electron chi connectivity index (χ4n) is 4.17. The molecule has 6 nitrogen and oxygen atoms in total. The first kappa shape index (κ1) is 24.5. The van der Waals surface area contributed by atoms with Gasteiger partial charge in [0.15, 0.2) is 0 Å². The molecule has 4 aromatic rings. The van der Waals surface area contributed by atoms with Crippen LogP contribution in [0.4, 0.5) is 14.5 Å². The summed E-state index contributed by atoms with van der Waals surface area (Å²) in [4.78, 5) is 4.17. The molecule has 0 bridgehead atoms. The van der Waals surface area contributed by atoms with Crippen LogP contribution < -0.4 is 14.8 Å². The van der Waals surface area contributed by atoms with Crippen LogP contribution in [-0.4, -0.2) is 14.4 Å².